The van der Waals surface area contributed by atoms with E-state index in [0.29, 0.717) is 12.2 Å². The number of rotatable bonds is 5. The summed E-state index contributed by atoms with van der Waals surface area (Å²) >= 11 is 0. The SMILES string of the molecule is CC(C)(CN)OCC(=O)Nc1cccc(F)c1. The van der Waals surface area contributed by atoms with Crippen LogP contribution in [0.15, 0.2) is 24.3 Å². The minimum Gasteiger partial charge on any atom is -0.364 e. The van der Waals surface area contributed by atoms with Crippen LogP contribution in [0, 0.1) is 5.82 Å². The Labute approximate surface area is 100.0 Å². The maximum atomic E-state index is 12.8. The maximum Gasteiger partial charge on any atom is 0.250 e. The van der Waals surface area contributed by atoms with E-state index in [9.17, 15) is 9.18 Å². The van der Waals surface area contributed by atoms with Gasteiger partial charge in [0.25, 0.3) is 0 Å². The standard InChI is InChI=1S/C12H17FN2O2/c1-12(2,8-14)17-7-11(16)15-10-5-3-4-9(13)6-10/h3-6H,7-8,14H2,1-2H3,(H,15,16). The van der Waals surface area contributed by atoms with E-state index in [-0.39, 0.29) is 12.5 Å². The molecule has 0 bridgehead atoms. The molecule has 94 valence electrons. The first-order valence-electron chi connectivity index (χ1n) is 5.32. The molecule has 5 heteroatoms. The van der Waals surface area contributed by atoms with E-state index < -0.39 is 11.4 Å². The quantitative estimate of drug-likeness (QED) is 0.820. The Kier molecular flexibility index (Phi) is 4.60. The molecule has 0 heterocycles. The van der Waals surface area contributed by atoms with Crippen molar-refractivity contribution in [2.75, 3.05) is 18.5 Å². The molecule has 0 aliphatic rings. The minimum absolute atomic E-state index is 0.110. The van der Waals surface area contributed by atoms with E-state index in [0.717, 1.165) is 0 Å². The number of halogens is 1. The molecule has 1 rings (SSSR count). The highest BCUT2D eigenvalue weighted by Crippen LogP contribution is 2.10. The molecule has 17 heavy (non-hydrogen) atoms. The second kappa shape index (κ2) is 5.75. The number of anilines is 1. The molecule has 0 aliphatic heterocycles. The normalized spacial score (nSPS) is 11.3. The average Bonchev–Trinajstić information content (AvgIpc) is 2.27. The van der Waals surface area contributed by atoms with E-state index in [1.807, 2.05) is 0 Å². The van der Waals surface area contributed by atoms with Crippen LogP contribution < -0.4 is 11.1 Å². The molecule has 0 aromatic heterocycles. The van der Waals surface area contributed by atoms with Crippen molar-refractivity contribution in [1.82, 2.24) is 0 Å². The first kappa shape index (κ1) is 13.6. The van der Waals surface area contributed by atoms with Crippen LogP contribution in [0.1, 0.15) is 13.8 Å². The van der Waals surface area contributed by atoms with Crippen LogP contribution in [0.25, 0.3) is 0 Å². The van der Waals surface area contributed by atoms with Gasteiger partial charge in [0.1, 0.15) is 12.4 Å². The summed E-state index contributed by atoms with van der Waals surface area (Å²) in [5.41, 5.74) is 5.32. The van der Waals surface area contributed by atoms with Gasteiger partial charge in [0.15, 0.2) is 0 Å². The average molecular weight is 240 g/mol. The molecule has 1 aromatic rings. The van der Waals surface area contributed by atoms with Crippen molar-refractivity contribution >= 4 is 11.6 Å². The minimum atomic E-state index is -0.542. The highest BCUT2D eigenvalue weighted by molar-refractivity contribution is 5.91. The number of amides is 1. The van der Waals surface area contributed by atoms with Gasteiger partial charge >= 0.3 is 0 Å². The lowest BCUT2D eigenvalue weighted by Gasteiger charge is -2.22. The molecule has 0 aliphatic carbocycles. The molecule has 0 saturated heterocycles. The summed E-state index contributed by atoms with van der Waals surface area (Å²) in [4.78, 5) is 11.5. The molecule has 3 N–H and O–H groups in total. The van der Waals surface area contributed by atoms with Gasteiger partial charge < -0.3 is 15.8 Å². The molecule has 0 radical (unpaired) electrons. The van der Waals surface area contributed by atoms with Crippen LogP contribution in [0.4, 0.5) is 10.1 Å². The van der Waals surface area contributed by atoms with Crippen molar-refractivity contribution in [3.63, 3.8) is 0 Å². The molecule has 1 aromatic carbocycles. The van der Waals surface area contributed by atoms with Crippen LogP contribution in [0.5, 0.6) is 0 Å². The number of carbonyl (C=O) groups excluding carboxylic acids is 1. The fourth-order valence-electron chi connectivity index (χ4n) is 1.08. The number of nitrogens with two attached hydrogens (primary N) is 1. The van der Waals surface area contributed by atoms with Crippen LogP contribution in [-0.4, -0.2) is 24.7 Å². The van der Waals surface area contributed by atoms with Crippen molar-refractivity contribution in [1.29, 1.82) is 0 Å². The fraction of sp³-hybridized carbons (Fsp3) is 0.417. The van der Waals surface area contributed by atoms with E-state index in [1.54, 1.807) is 19.9 Å². The maximum absolute atomic E-state index is 12.8. The largest absolute Gasteiger partial charge is 0.364 e. The summed E-state index contributed by atoms with van der Waals surface area (Å²) in [5.74, 6) is -0.733. The predicted octanol–water partition coefficient (Wildman–Crippen LogP) is 1.52. The van der Waals surface area contributed by atoms with Crippen molar-refractivity contribution in [2.45, 2.75) is 19.4 Å². The van der Waals surface area contributed by atoms with E-state index >= 15 is 0 Å². The predicted molar refractivity (Wildman–Crippen MR) is 64.1 cm³/mol. The molecular formula is C12H17FN2O2. The second-order valence-electron chi connectivity index (χ2n) is 4.31. The van der Waals surface area contributed by atoms with Gasteiger partial charge in [-0.3, -0.25) is 4.79 Å². The van der Waals surface area contributed by atoms with Gasteiger partial charge in [-0.15, -0.1) is 0 Å². The van der Waals surface area contributed by atoms with Gasteiger partial charge in [0, 0.05) is 12.2 Å². The summed E-state index contributed by atoms with van der Waals surface area (Å²) in [6.45, 7) is 3.80. The third kappa shape index (κ3) is 4.93. The third-order valence-electron chi connectivity index (χ3n) is 2.19. The van der Waals surface area contributed by atoms with Gasteiger partial charge in [0.05, 0.1) is 5.60 Å². The van der Waals surface area contributed by atoms with E-state index in [4.69, 9.17) is 10.5 Å². The van der Waals surface area contributed by atoms with Gasteiger partial charge in [-0.05, 0) is 32.0 Å². The molecule has 0 unspecified atom stereocenters. The molecule has 0 atom stereocenters. The van der Waals surface area contributed by atoms with Crippen LogP contribution >= 0.6 is 0 Å². The topological polar surface area (TPSA) is 64.3 Å². The first-order valence-corrected chi connectivity index (χ1v) is 5.32. The summed E-state index contributed by atoms with van der Waals surface area (Å²) in [7, 11) is 0. The molecule has 4 nitrogen and oxygen atoms in total. The Morgan fingerprint density at radius 1 is 1.53 bits per heavy atom. The lowest BCUT2D eigenvalue weighted by molar-refractivity contribution is -0.125. The van der Waals surface area contributed by atoms with Crippen LogP contribution in [-0.2, 0) is 9.53 Å². The molecule has 1 amide bonds. The highest BCUT2D eigenvalue weighted by atomic mass is 19.1. The smallest absolute Gasteiger partial charge is 0.250 e. The summed E-state index contributed by atoms with van der Waals surface area (Å²) in [6, 6.07) is 5.68. The summed E-state index contributed by atoms with van der Waals surface area (Å²) in [5, 5.41) is 2.53. The Morgan fingerprint density at radius 2 is 2.24 bits per heavy atom. The lowest BCUT2D eigenvalue weighted by Crippen LogP contribution is -2.36. The Morgan fingerprint density at radius 3 is 2.82 bits per heavy atom. The number of nitrogens with one attached hydrogen (secondary N) is 1. The third-order valence-corrected chi connectivity index (χ3v) is 2.19. The number of benzene rings is 1. The molecular weight excluding hydrogens is 223 g/mol. The van der Waals surface area contributed by atoms with Crippen molar-refractivity contribution in [3.05, 3.63) is 30.1 Å². The Hall–Kier alpha value is -1.46. The Bertz CT molecular complexity index is 394. The van der Waals surface area contributed by atoms with Gasteiger partial charge in [0.2, 0.25) is 5.91 Å². The van der Waals surface area contributed by atoms with Crippen molar-refractivity contribution in [2.24, 2.45) is 5.73 Å². The second-order valence-corrected chi connectivity index (χ2v) is 4.31. The van der Waals surface area contributed by atoms with Crippen LogP contribution in [0.3, 0.4) is 0 Å². The monoisotopic (exact) mass is 240 g/mol. The number of hydrogen-bond acceptors (Lipinski definition) is 3. The number of hydrogen-bond donors (Lipinski definition) is 2. The summed E-state index contributed by atoms with van der Waals surface area (Å²) < 4.78 is 18.2. The fourth-order valence-corrected chi connectivity index (χ4v) is 1.08. The van der Waals surface area contributed by atoms with E-state index in [2.05, 4.69) is 5.32 Å². The molecule has 0 saturated carbocycles. The number of carbonyl (C=O) groups is 1. The zero-order valence-electron chi connectivity index (χ0n) is 10.00. The van der Waals surface area contributed by atoms with Crippen molar-refractivity contribution < 1.29 is 13.9 Å². The zero-order valence-corrected chi connectivity index (χ0v) is 10.00. The van der Waals surface area contributed by atoms with Crippen LogP contribution in [0.2, 0.25) is 0 Å². The Balaban J connectivity index is 2.45. The summed E-state index contributed by atoms with van der Waals surface area (Å²) in [6.07, 6.45) is 0. The highest BCUT2D eigenvalue weighted by Gasteiger charge is 2.17. The van der Waals surface area contributed by atoms with Crippen molar-refractivity contribution in [3.8, 4) is 0 Å². The first-order chi connectivity index (χ1) is 7.93. The van der Waals surface area contributed by atoms with E-state index in [1.165, 1.54) is 18.2 Å². The van der Waals surface area contributed by atoms with Gasteiger partial charge in [-0.25, -0.2) is 4.39 Å². The van der Waals surface area contributed by atoms with Gasteiger partial charge in [-0.2, -0.15) is 0 Å². The molecule has 0 spiro atoms. The number of ether oxygens (including phenoxy) is 1. The molecule has 0 fully saturated rings. The zero-order chi connectivity index (χ0) is 12.9. The van der Waals surface area contributed by atoms with Gasteiger partial charge in [-0.1, -0.05) is 6.07 Å². The lowest BCUT2D eigenvalue weighted by atomic mass is 10.1.